The fourth-order valence-corrected chi connectivity index (χ4v) is 1.64. The van der Waals surface area contributed by atoms with E-state index < -0.39 is 5.82 Å². The number of ether oxygens (including phenoxy) is 1. The van der Waals surface area contributed by atoms with Gasteiger partial charge in [0, 0.05) is 30.4 Å². The van der Waals surface area contributed by atoms with Gasteiger partial charge in [0.15, 0.2) is 0 Å². The van der Waals surface area contributed by atoms with Crippen molar-refractivity contribution in [3.63, 3.8) is 0 Å². The van der Waals surface area contributed by atoms with Gasteiger partial charge in [0.2, 0.25) is 0 Å². The first-order chi connectivity index (χ1) is 9.36. The molecule has 5 nitrogen and oxygen atoms in total. The molecule has 2 N–H and O–H groups in total. The minimum atomic E-state index is -0.521. The predicted octanol–water partition coefficient (Wildman–Crippen LogP) is 1.74. The average Bonchev–Trinajstić information content (AvgIpc) is 2.41. The summed E-state index contributed by atoms with van der Waals surface area (Å²) >= 11 is 0. The molecule has 0 saturated carbocycles. The number of nitrogens with zero attached hydrogens (tertiary/aromatic N) is 1. The minimum absolute atomic E-state index is 0.0971. The van der Waals surface area contributed by atoms with Gasteiger partial charge >= 0.3 is 5.97 Å². The number of rotatable bonds is 5. The second kappa shape index (κ2) is 6.88. The van der Waals surface area contributed by atoms with E-state index in [9.17, 15) is 14.0 Å². The number of esters is 1. The molecule has 1 aromatic rings. The lowest BCUT2D eigenvalue weighted by atomic mass is 10.1. The number of nitrogens with two attached hydrogens (primary N) is 1. The Morgan fingerprint density at radius 1 is 1.40 bits per heavy atom. The van der Waals surface area contributed by atoms with Crippen LogP contribution in [-0.4, -0.2) is 37.0 Å². The van der Waals surface area contributed by atoms with Crippen LogP contribution in [0.15, 0.2) is 12.1 Å². The molecule has 0 heterocycles. The zero-order valence-corrected chi connectivity index (χ0v) is 11.9. The Hall–Kier alpha value is -2.11. The van der Waals surface area contributed by atoms with Crippen LogP contribution in [0.5, 0.6) is 0 Å². The van der Waals surface area contributed by atoms with Crippen molar-refractivity contribution in [3.05, 3.63) is 29.1 Å². The zero-order valence-electron chi connectivity index (χ0n) is 11.9. The van der Waals surface area contributed by atoms with Crippen molar-refractivity contribution in [3.8, 4) is 0 Å². The first kappa shape index (κ1) is 15.9. The molecule has 20 heavy (non-hydrogen) atoms. The van der Waals surface area contributed by atoms with Gasteiger partial charge in [0.05, 0.1) is 13.0 Å². The van der Waals surface area contributed by atoms with Crippen LogP contribution >= 0.6 is 0 Å². The molecule has 0 bridgehead atoms. The number of benzene rings is 1. The number of carbonyl (C=O) groups is 2. The summed E-state index contributed by atoms with van der Waals surface area (Å²) in [5.74, 6) is -1.28. The van der Waals surface area contributed by atoms with E-state index in [0.717, 1.165) is 6.07 Å². The Morgan fingerprint density at radius 2 is 2.05 bits per heavy atom. The number of halogens is 1. The monoisotopic (exact) mass is 282 g/mol. The molecule has 0 atom stereocenters. The number of anilines is 1. The second-order valence-corrected chi connectivity index (χ2v) is 4.45. The second-order valence-electron chi connectivity index (χ2n) is 4.45. The SMILES string of the molecule is CCOC(=O)CCN(C)C(=O)c1cc(N)c(C)c(F)c1. The number of hydrogen-bond acceptors (Lipinski definition) is 4. The molecule has 0 aliphatic rings. The number of hydrogen-bond donors (Lipinski definition) is 1. The molecule has 0 unspecified atom stereocenters. The number of nitrogen functional groups attached to an aromatic ring is 1. The molecular formula is C14H19FN2O3. The predicted molar refractivity (Wildman–Crippen MR) is 73.8 cm³/mol. The van der Waals surface area contributed by atoms with Crippen molar-refractivity contribution < 1.29 is 18.7 Å². The van der Waals surface area contributed by atoms with Gasteiger partial charge in [-0.25, -0.2) is 4.39 Å². The molecule has 0 saturated heterocycles. The molecule has 0 spiro atoms. The molecule has 0 aliphatic carbocycles. The van der Waals surface area contributed by atoms with Crippen molar-refractivity contribution >= 4 is 17.6 Å². The van der Waals surface area contributed by atoms with Gasteiger partial charge in [0.25, 0.3) is 5.91 Å². The standard InChI is InChI=1S/C14H19FN2O3/c1-4-20-13(18)5-6-17(3)14(19)10-7-11(15)9(2)12(16)8-10/h7-8H,4-6,16H2,1-3H3. The largest absolute Gasteiger partial charge is 0.466 e. The molecule has 0 fully saturated rings. The molecule has 1 aromatic carbocycles. The van der Waals surface area contributed by atoms with Crippen LogP contribution in [0, 0.1) is 12.7 Å². The highest BCUT2D eigenvalue weighted by Crippen LogP contribution is 2.18. The van der Waals surface area contributed by atoms with Crippen molar-refractivity contribution in [1.29, 1.82) is 0 Å². The van der Waals surface area contributed by atoms with E-state index in [-0.39, 0.29) is 36.1 Å². The van der Waals surface area contributed by atoms with Crippen LogP contribution in [-0.2, 0) is 9.53 Å². The third kappa shape index (κ3) is 3.94. The average molecular weight is 282 g/mol. The first-order valence-electron chi connectivity index (χ1n) is 6.33. The molecule has 0 aliphatic heterocycles. The van der Waals surface area contributed by atoms with Crippen LogP contribution in [0.4, 0.5) is 10.1 Å². The van der Waals surface area contributed by atoms with Crippen LogP contribution in [0.1, 0.15) is 29.3 Å². The van der Waals surface area contributed by atoms with Gasteiger partial charge < -0.3 is 15.4 Å². The van der Waals surface area contributed by atoms with E-state index in [4.69, 9.17) is 10.5 Å². The lowest BCUT2D eigenvalue weighted by Crippen LogP contribution is -2.29. The van der Waals surface area contributed by atoms with Gasteiger partial charge in [-0.15, -0.1) is 0 Å². The Kier molecular flexibility index (Phi) is 5.49. The summed E-state index contributed by atoms with van der Waals surface area (Å²) in [4.78, 5) is 24.6. The molecule has 6 heteroatoms. The fourth-order valence-electron chi connectivity index (χ4n) is 1.64. The number of carbonyl (C=O) groups excluding carboxylic acids is 2. The van der Waals surface area contributed by atoms with E-state index >= 15 is 0 Å². The molecule has 1 amide bonds. The first-order valence-corrected chi connectivity index (χ1v) is 6.33. The maximum atomic E-state index is 13.6. The Morgan fingerprint density at radius 3 is 2.60 bits per heavy atom. The summed E-state index contributed by atoms with van der Waals surface area (Å²) in [6, 6.07) is 2.58. The lowest BCUT2D eigenvalue weighted by Gasteiger charge is -2.17. The maximum absolute atomic E-state index is 13.6. The summed E-state index contributed by atoms with van der Waals surface area (Å²) in [7, 11) is 1.54. The smallest absolute Gasteiger partial charge is 0.307 e. The highest BCUT2D eigenvalue weighted by atomic mass is 19.1. The van der Waals surface area contributed by atoms with Crippen molar-refractivity contribution in [2.75, 3.05) is 25.9 Å². The van der Waals surface area contributed by atoms with Crippen molar-refractivity contribution in [1.82, 2.24) is 4.90 Å². The number of amides is 1. The molecule has 0 radical (unpaired) electrons. The van der Waals surface area contributed by atoms with Crippen LogP contribution in [0.2, 0.25) is 0 Å². The van der Waals surface area contributed by atoms with E-state index in [2.05, 4.69) is 0 Å². The maximum Gasteiger partial charge on any atom is 0.307 e. The van der Waals surface area contributed by atoms with Gasteiger partial charge in [-0.1, -0.05) is 0 Å². The van der Waals surface area contributed by atoms with Crippen LogP contribution in [0.25, 0.3) is 0 Å². The normalized spacial score (nSPS) is 10.2. The zero-order chi connectivity index (χ0) is 15.3. The molecule has 0 aromatic heterocycles. The summed E-state index contributed by atoms with van der Waals surface area (Å²) in [5, 5.41) is 0. The van der Waals surface area contributed by atoms with Crippen molar-refractivity contribution in [2.24, 2.45) is 0 Å². The van der Waals surface area contributed by atoms with Crippen LogP contribution in [0.3, 0.4) is 0 Å². The molecular weight excluding hydrogens is 263 g/mol. The van der Waals surface area contributed by atoms with Gasteiger partial charge in [-0.2, -0.15) is 0 Å². The summed E-state index contributed by atoms with van der Waals surface area (Å²) < 4.78 is 18.3. The Bertz CT molecular complexity index is 494. The molecule has 110 valence electrons. The minimum Gasteiger partial charge on any atom is -0.466 e. The highest BCUT2D eigenvalue weighted by molar-refractivity contribution is 5.95. The van der Waals surface area contributed by atoms with E-state index in [0.29, 0.717) is 12.2 Å². The van der Waals surface area contributed by atoms with E-state index in [1.807, 2.05) is 0 Å². The van der Waals surface area contributed by atoms with E-state index in [1.54, 1.807) is 13.8 Å². The van der Waals surface area contributed by atoms with Gasteiger partial charge in [-0.05, 0) is 26.0 Å². The topological polar surface area (TPSA) is 72.6 Å². The van der Waals surface area contributed by atoms with Crippen LogP contribution < -0.4 is 5.73 Å². The Labute approximate surface area is 117 Å². The van der Waals surface area contributed by atoms with E-state index in [1.165, 1.54) is 18.0 Å². The molecule has 1 rings (SSSR count). The van der Waals surface area contributed by atoms with Gasteiger partial charge in [0.1, 0.15) is 5.82 Å². The summed E-state index contributed by atoms with van der Waals surface area (Å²) in [5.41, 5.74) is 6.34. The van der Waals surface area contributed by atoms with Gasteiger partial charge in [-0.3, -0.25) is 9.59 Å². The van der Waals surface area contributed by atoms with Crippen molar-refractivity contribution in [2.45, 2.75) is 20.3 Å². The summed E-state index contributed by atoms with van der Waals surface area (Å²) in [6.45, 7) is 3.76. The Balaban J connectivity index is 2.72. The quantitative estimate of drug-likeness (QED) is 0.659. The third-order valence-electron chi connectivity index (χ3n) is 2.93. The fraction of sp³-hybridized carbons (Fsp3) is 0.429. The third-order valence-corrected chi connectivity index (χ3v) is 2.93. The lowest BCUT2D eigenvalue weighted by molar-refractivity contribution is -0.143. The highest BCUT2D eigenvalue weighted by Gasteiger charge is 2.16. The summed E-state index contributed by atoms with van der Waals surface area (Å²) in [6.07, 6.45) is 0.0971.